The Morgan fingerprint density at radius 1 is 1.27 bits per heavy atom. The van der Waals surface area contributed by atoms with Gasteiger partial charge in [0.05, 0.1) is 0 Å². The second-order valence-corrected chi connectivity index (χ2v) is 8.82. The highest BCUT2D eigenvalue weighted by Gasteiger charge is 2.70. The minimum absolute atomic E-state index is 0.207. The van der Waals surface area contributed by atoms with Crippen LogP contribution in [0.15, 0.2) is 6.07 Å². The Labute approximate surface area is 152 Å². The predicted octanol–water partition coefficient (Wildman–Crippen LogP) is 2.23. The van der Waals surface area contributed by atoms with Gasteiger partial charge in [-0.05, 0) is 29.9 Å². The summed E-state index contributed by atoms with van der Waals surface area (Å²) in [7, 11) is 0. The fraction of sp³-hybridized carbons (Fsp3) is 0.650. The van der Waals surface area contributed by atoms with Crippen molar-refractivity contribution in [1.29, 1.82) is 0 Å². The summed E-state index contributed by atoms with van der Waals surface area (Å²) >= 11 is 0. The maximum Gasteiger partial charge on any atom is 0.317 e. The van der Waals surface area contributed by atoms with E-state index in [1.165, 1.54) is 0 Å². The first-order valence-corrected chi connectivity index (χ1v) is 9.26. The molecule has 1 saturated heterocycles. The first-order valence-electron chi connectivity index (χ1n) is 9.26. The maximum absolute atomic E-state index is 13.0. The summed E-state index contributed by atoms with van der Waals surface area (Å²) in [5, 5.41) is 41.9. The number of aliphatic hydroxyl groups excluding tert-OH is 2. The Morgan fingerprint density at radius 3 is 2.62 bits per heavy atom. The molecule has 1 heterocycles. The number of phenols is 2. The van der Waals surface area contributed by atoms with Crippen molar-refractivity contribution in [3.05, 3.63) is 22.8 Å². The molecule has 1 aromatic carbocycles. The molecule has 2 aliphatic carbocycles. The highest BCUT2D eigenvalue weighted by molar-refractivity contribution is 5.90. The summed E-state index contributed by atoms with van der Waals surface area (Å²) in [4.78, 5) is 13.0. The molecule has 3 aliphatic rings. The van der Waals surface area contributed by atoms with Gasteiger partial charge < -0.3 is 25.2 Å². The van der Waals surface area contributed by atoms with Crippen molar-refractivity contribution in [2.45, 2.75) is 63.6 Å². The van der Waals surface area contributed by atoms with Gasteiger partial charge in [0.1, 0.15) is 17.6 Å². The highest BCUT2D eigenvalue weighted by atomic mass is 16.6. The zero-order valence-corrected chi connectivity index (χ0v) is 15.3. The molecule has 142 valence electrons. The van der Waals surface area contributed by atoms with Crippen molar-refractivity contribution >= 4 is 5.97 Å². The molecule has 0 radical (unpaired) electrons. The fourth-order valence-electron chi connectivity index (χ4n) is 5.73. The molecule has 2 fully saturated rings. The molecule has 4 N–H and O–H groups in total. The number of ether oxygens (including phenoxy) is 1. The van der Waals surface area contributed by atoms with Crippen molar-refractivity contribution in [3.63, 3.8) is 0 Å². The molecule has 1 aromatic rings. The molecular weight excluding hydrogens is 336 g/mol. The summed E-state index contributed by atoms with van der Waals surface area (Å²) in [6.07, 6.45) is 0.504. The summed E-state index contributed by atoms with van der Waals surface area (Å²) in [6.45, 7) is 5.65. The number of hydrogen-bond donors (Lipinski definition) is 4. The molecule has 6 heteroatoms. The number of fused-ring (bicyclic) bond motifs is 1. The smallest absolute Gasteiger partial charge is 0.317 e. The molecule has 5 atom stereocenters. The van der Waals surface area contributed by atoms with Crippen molar-refractivity contribution in [3.8, 4) is 11.5 Å². The third-order valence-electron chi connectivity index (χ3n) is 6.92. The molecule has 1 unspecified atom stereocenters. The van der Waals surface area contributed by atoms with Gasteiger partial charge >= 0.3 is 5.97 Å². The highest BCUT2D eigenvalue weighted by Crippen LogP contribution is 2.66. The van der Waals surface area contributed by atoms with Crippen LogP contribution in [0.5, 0.6) is 11.5 Å². The van der Waals surface area contributed by atoms with Crippen LogP contribution in [0.3, 0.4) is 0 Å². The lowest BCUT2D eigenvalue weighted by molar-refractivity contribution is -0.148. The molecular formula is C20H26O6. The number of aromatic hydroxyl groups is 2. The summed E-state index contributed by atoms with van der Waals surface area (Å²) < 4.78 is 5.64. The first kappa shape index (κ1) is 17.6. The zero-order chi connectivity index (χ0) is 19.0. The van der Waals surface area contributed by atoms with Crippen LogP contribution in [-0.4, -0.2) is 39.1 Å². The molecule has 2 bridgehead atoms. The van der Waals surface area contributed by atoms with Crippen LogP contribution < -0.4 is 0 Å². The molecule has 1 saturated carbocycles. The Morgan fingerprint density at radius 2 is 1.96 bits per heavy atom. The first-order chi connectivity index (χ1) is 12.2. The van der Waals surface area contributed by atoms with Crippen LogP contribution in [-0.2, 0) is 14.9 Å². The Hall–Kier alpha value is -1.79. The molecule has 0 spiro atoms. The van der Waals surface area contributed by atoms with Gasteiger partial charge in [-0.2, -0.15) is 0 Å². The van der Waals surface area contributed by atoms with Crippen LogP contribution in [0.2, 0.25) is 0 Å². The molecule has 1 aliphatic heterocycles. The SMILES string of the molecule is C[C@@H](CO)c1cc2c(c(O)c1O)[C@@]13CCCC(C)(C)[C@@H]1C(OC3=O)[C@H]2O. The Bertz CT molecular complexity index is 785. The average molecular weight is 362 g/mol. The number of rotatable bonds is 2. The maximum atomic E-state index is 13.0. The van der Waals surface area contributed by atoms with Gasteiger partial charge in [0, 0.05) is 29.6 Å². The number of phenolic OH excluding ortho intramolecular Hbond substituents is 2. The van der Waals surface area contributed by atoms with E-state index in [2.05, 4.69) is 13.8 Å². The second kappa shape index (κ2) is 5.36. The lowest BCUT2D eigenvalue weighted by Gasteiger charge is -2.51. The van der Waals surface area contributed by atoms with Crippen LogP contribution in [0.1, 0.15) is 68.7 Å². The van der Waals surface area contributed by atoms with E-state index >= 15 is 0 Å². The van der Waals surface area contributed by atoms with E-state index < -0.39 is 29.5 Å². The van der Waals surface area contributed by atoms with E-state index in [4.69, 9.17) is 4.74 Å². The Balaban J connectivity index is 2.03. The zero-order valence-electron chi connectivity index (χ0n) is 15.3. The van der Waals surface area contributed by atoms with Crippen molar-refractivity contribution in [2.75, 3.05) is 6.61 Å². The number of esters is 1. The van der Waals surface area contributed by atoms with E-state index in [1.54, 1.807) is 13.0 Å². The van der Waals surface area contributed by atoms with E-state index in [9.17, 15) is 25.2 Å². The van der Waals surface area contributed by atoms with E-state index in [0.717, 1.165) is 12.8 Å². The minimum Gasteiger partial charge on any atom is -0.504 e. The van der Waals surface area contributed by atoms with Crippen molar-refractivity contribution in [2.24, 2.45) is 11.3 Å². The van der Waals surface area contributed by atoms with E-state index in [-0.39, 0.29) is 29.4 Å². The third-order valence-corrected chi connectivity index (χ3v) is 6.92. The number of hydrogen-bond acceptors (Lipinski definition) is 6. The summed E-state index contributed by atoms with van der Waals surface area (Å²) in [5.41, 5.74) is -0.177. The van der Waals surface area contributed by atoms with Gasteiger partial charge in [-0.15, -0.1) is 0 Å². The lowest BCUT2D eigenvalue weighted by Crippen LogP contribution is -2.54. The second-order valence-electron chi connectivity index (χ2n) is 8.82. The van der Waals surface area contributed by atoms with Gasteiger partial charge in [0.15, 0.2) is 11.5 Å². The van der Waals surface area contributed by atoms with Crippen LogP contribution >= 0.6 is 0 Å². The summed E-state index contributed by atoms with van der Waals surface area (Å²) in [6, 6.07) is 1.62. The number of carbonyl (C=O) groups is 1. The van der Waals surface area contributed by atoms with Gasteiger partial charge in [-0.1, -0.05) is 27.2 Å². The number of carbonyl (C=O) groups excluding carboxylic acids is 1. The summed E-state index contributed by atoms with van der Waals surface area (Å²) in [5.74, 6) is -1.78. The average Bonchev–Trinajstić information content (AvgIpc) is 2.86. The minimum atomic E-state index is -1.07. The third kappa shape index (κ3) is 1.92. The topological polar surface area (TPSA) is 107 Å². The van der Waals surface area contributed by atoms with Gasteiger partial charge in [0.2, 0.25) is 0 Å². The molecule has 6 nitrogen and oxygen atoms in total. The van der Waals surface area contributed by atoms with Crippen molar-refractivity contribution in [1.82, 2.24) is 0 Å². The predicted molar refractivity (Wildman–Crippen MR) is 92.9 cm³/mol. The van der Waals surface area contributed by atoms with E-state index in [0.29, 0.717) is 23.1 Å². The lowest BCUT2D eigenvalue weighted by atomic mass is 9.49. The van der Waals surface area contributed by atoms with Gasteiger partial charge in [-0.25, -0.2) is 0 Å². The van der Waals surface area contributed by atoms with Gasteiger partial charge in [-0.3, -0.25) is 4.79 Å². The number of aliphatic hydroxyl groups is 2. The Kier molecular flexibility index (Phi) is 3.63. The monoisotopic (exact) mass is 362 g/mol. The number of benzene rings is 1. The normalized spacial score (nSPS) is 35.4. The molecule has 26 heavy (non-hydrogen) atoms. The van der Waals surface area contributed by atoms with Gasteiger partial charge in [0.25, 0.3) is 0 Å². The van der Waals surface area contributed by atoms with Crippen molar-refractivity contribution < 1.29 is 30.0 Å². The van der Waals surface area contributed by atoms with E-state index in [1.807, 2.05) is 0 Å². The molecule has 4 rings (SSSR count). The molecule has 0 aromatic heterocycles. The van der Waals surface area contributed by atoms with Crippen LogP contribution in [0.25, 0.3) is 0 Å². The molecule has 0 amide bonds. The van der Waals surface area contributed by atoms with Crippen LogP contribution in [0, 0.1) is 11.3 Å². The largest absolute Gasteiger partial charge is 0.504 e. The standard InChI is InChI=1S/C20H26O6/c1-9(8-21)10-7-11-12(15(24)13(10)22)20-6-4-5-19(2,3)17(20)16(14(11)23)26-18(20)25/h7,9,14,16-17,21-24H,4-6,8H2,1-3H3/t9-,14-,16?,17-,20-/m0/s1. The van der Waals surface area contributed by atoms with Crippen LogP contribution in [0.4, 0.5) is 0 Å². The quantitative estimate of drug-likeness (QED) is 0.475. The fourth-order valence-corrected chi connectivity index (χ4v) is 5.73.